The van der Waals surface area contributed by atoms with Crippen molar-refractivity contribution in [3.8, 4) is 0 Å². The van der Waals surface area contributed by atoms with Crippen LogP contribution in [0.25, 0.3) is 10.9 Å². The summed E-state index contributed by atoms with van der Waals surface area (Å²) in [6.45, 7) is 0.601. The van der Waals surface area contributed by atoms with E-state index in [9.17, 15) is 10.1 Å². The van der Waals surface area contributed by atoms with Crippen LogP contribution in [-0.4, -0.2) is 31.2 Å². The van der Waals surface area contributed by atoms with Gasteiger partial charge in [0.2, 0.25) is 0 Å². The standard InChI is InChI=1S/C26H20Cl2N6O2S/c1-33-13-30-32-26(33)37-22-9-6-14(10-21(22)34(35)36)24-25-23(17-4-2-3-5-20(17)31-25)18(12-29-24)16-8-7-15(27)11-19(16)28/h2-11,13,18,24,29,31H,12H2,1H3. The van der Waals surface area contributed by atoms with Crippen molar-refractivity contribution >= 4 is 51.6 Å². The van der Waals surface area contributed by atoms with E-state index in [1.54, 1.807) is 36.1 Å². The molecule has 2 unspecified atom stereocenters. The zero-order valence-corrected chi connectivity index (χ0v) is 21.8. The fraction of sp³-hybridized carbons (Fsp3) is 0.154. The van der Waals surface area contributed by atoms with Gasteiger partial charge in [0.1, 0.15) is 6.33 Å². The first-order valence-corrected chi connectivity index (χ1v) is 13.1. The van der Waals surface area contributed by atoms with E-state index in [1.165, 1.54) is 11.8 Å². The Morgan fingerprint density at radius 1 is 1.14 bits per heavy atom. The summed E-state index contributed by atoms with van der Waals surface area (Å²) < 4.78 is 1.73. The van der Waals surface area contributed by atoms with E-state index in [0.29, 0.717) is 26.6 Å². The van der Waals surface area contributed by atoms with Crippen LogP contribution >= 0.6 is 35.0 Å². The van der Waals surface area contributed by atoms with E-state index in [-0.39, 0.29) is 22.6 Å². The Bertz CT molecular complexity index is 1670. The average molecular weight is 551 g/mol. The largest absolute Gasteiger partial charge is 0.357 e. The van der Waals surface area contributed by atoms with E-state index < -0.39 is 0 Å². The van der Waals surface area contributed by atoms with Gasteiger partial charge in [0, 0.05) is 52.2 Å². The van der Waals surface area contributed by atoms with Crippen LogP contribution in [0.4, 0.5) is 5.69 Å². The van der Waals surface area contributed by atoms with Crippen LogP contribution in [0.15, 0.2) is 77.0 Å². The van der Waals surface area contributed by atoms with Crippen LogP contribution in [0.3, 0.4) is 0 Å². The molecule has 186 valence electrons. The lowest BCUT2D eigenvalue weighted by Crippen LogP contribution is -2.34. The van der Waals surface area contributed by atoms with E-state index in [4.69, 9.17) is 23.2 Å². The summed E-state index contributed by atoms with van der Waals surface area (Å²) in [4.78, 5) is 15.8. The summed E-state index contributed by atoms with van der Waals surface area (Å²) in [6.07, 6.45) is 1.56. The Morgan fingerprint density at radius 3 is 2.73 bits per heavy atom. The Hall–Kier alpha value is -3.37. The van der Waals surface area contributed by atoms with Crippen LogP contribution in [0.1, 0.15) is 34.3 Å². The van der Waals surface area contributed by atoms with Crippen molar-refractivity contribution in [3.63, 3.8) is 0 Å². The number of nitro benzene ring substituents is 1. The summed E-state index contributed by atoms with van der Waals surface area (Å²) in [5.41, 5.74) is 4.88. The summed E-state index contributed by atoms with van der Waals surface area (Å²) in [5, 5.41) is 26.4. The predicted octanol–water partition coefficient (Wildman–Crippen LogP) is 6.49. The van der Waals surface area contributed by atoms with Gasteiger partial charge in [0.15, 0.2) is 5.16 Å². The number of hydrogen-bond acceptors (Lipinski definition) is 6. The van der Waals surface area contributed by atoms with Gasteiger partial charge in [-0.25, -0.2) is 0 Å². The quantitative estimate of drug-likeness (QED) is 0.191. The lowest BCUT2D eigenvalue weighted by Gasteiger charge is -2.32. The number of halogens is 2. The maximum absolute atomic E-state index is 12.1. The molecule has 0 saturated heterocycles. The van der Waals surface area contributed by atoms with Crippen LogP contribution in [0.2, 0.25) is 10.0 Å². The molecule has 0 fully saturated rings. The molecule has 2 atom stereocenters. The fourth-order valence-corrected chi connectivity index (χ4v) is 6.36. The smallest absolute Gasteiger partial charge is 0.283 e. The van der Waals surface area contributed by atoms with Gasteiger partial charge in [-0.15, -0.1) is 10.2 Å². The Balaban J connectivity index is 1.46. The molecule has 37 heavy (non-hydrogen) atoms. The van der Waals surface area contributed by atoms with Crippen molar-refractivity contribution < 1.29 is 4.92 Å². The molecule has 5 aromatic rings. The Labute approximate surface area is 226 Å². The van der Waals surface area contributed by atoms with Gasteiger partial charge in [0.05, 0.1) is 15.9 Å². The maximum atomic E-state index is 12.1. The second-order valence-electron chi connectivity index (χ2n) is 8.87. The number of nitro groups is 1. The van der Waals surface area contributed by atoms with Crippen LogP contribution in [-0.2, 0) is 7.05 Å². The topological polar surface area (TPSA) is 102 Å². The molecule has 0 aliphatic carbocycles. The number of benzene rings is 3. The molecule has 2 aromatic heterocycles. The SMILES string of the molecule is Cn1cnnc1Sc1ccc(C2NCC(c3ccc(Cl)cc3Cl)c3c2[nH]c2ccccc32)cc1[N+](=O)[O-]. The first kappa shape index (κ1) is 24.0. The molecule has 3 heterocycles. The number of nitrogens with one attached hydrogen (secondary N) is 2. The molecule has 0 amide bonds. The number of aryl methyl sites for hydroxylation is 1. The first-order valence-electron chi connectivity index (χ1n) is 11.5. The lowest BCUT2D eigenvalue weighted by atomic mass is 9.83. The highest BCUT2D eigenvalue weighted by molar-refractivity contribution is 7.99. The molecule has 0 spiro atoms. The average Bonchev–Trinajstić information content (AvgIpc) is 3.47. The van der Waals surface area contributed by atoms with E-state index in [2.05, 4.69) is 26.6 Å². The van der Waals surface area contributed by atoms with Crippen molar-refractivity contribution in [2.24, 2.45) is 7.05 Å². The zero-order valence-electron chi connectivity index (χ0n) is 19.5. The number of aromatic amines is 1. The zero-order chi connectivity index (χ0) is 25.7. The molecular formula is C26H20Cl2N6O2S. The summed E-state index contributed by atoms with van der Waals surface area (Å²) in [6, 6.07) is 18.8. The number of nitrogens with zero attached hydrogens (tertiary/aromatic N) is 4. The van der Waals surface area contributed by atoms with Gasteiger partial charge in [-0.05, 0) is 52.7 Å². The van der Waals surface area contributed by atoms with Crippen LogP contribution < -0.4 is 5.32 Å². The molecule has 0 radical (unpaired) electrons. The highest BCUT2D eigenvalue weighted by Gasteiger charge is 2.34. The molecule has 2 N–H and O–H groups in total. The third-order valence-corrected chi connectivity index (χ3v) is 8.34. The highest BCUT2D eigenvalue weighted by Crippen LogP contribution is 2.44. The number of hydrogen-bond donors (Lipinski definition) is 2. The summed E-state index contributed by atoms with van der Waals surface area (Å²) >= 11 is 14.0. The van der Waals surface area contributed by atoms with Gasteiger partial charge >= 0.3 is 0 Å². The molecule has 6 rings (SSSR count). The fourth-order valence-electron chi connectivity index (χ4n) is 4.97. The normalized spacial score (nSPS) is 17.2. The summed E-state index contributed by atoms with van der Waals surface area (Å²) in [7, 11) is 1.80. The minimum atomic E-state index is -0.354. The Morgan fingerprint density at radius 2 is 1.97 bits per heavy atom. The number of rotatable bonds is 5. The third kappa shape index (κ3) is 4.27. The van der Waals surface area contributed by atoms with E-state index in [1.807, 2.05) is 36.4 Å². The second-order valence-corrected chi connectivity index (χ2v) is 10.7. The van der Waals surface area contributed by atoms with Crippen molar-refractivity contribution in [3.05, 3.63) is 110 Å². The molecule has 8 nitrogen and oxygen atoms in total. The molecule has 1 aliphatic heterocycles. The Kier molecular flexibility index (Phi) is 6.16. The molecule has 11 heteroatoms. The first-order chi connectivity index (χ1) is 17.9. The van der Waals surface area contributed by atoms with Crippen molar-refractivity contribution in [1.29, 1.82) is 0 Å². The second kappa shape index (κ2) is 9.50. The summed E-state index contributed by atoms with van der Waals surface area (Å²) in [5.74, 6) is -0.0205. The van der Waals surface area contributed by atoms with Crippen molar-refractivity contribution in [1.82, 2.24) is 25.1 Å². The van der Waals surface area contributed by atoms with E-state index in [0.717, 1.165) is 33.3 Å². The van der Waals surface area contributed by atoms with Gasteiger partial charge in [-0.2, -0.15) is 0 Å². The predicted molar refractivity (Wildman–Crippen MR) is 145 cm³/mol. The molecule has 3 aromatic carbocycles. The van der Waals surface area contributed by atoms with Crippen molar-refractivity contribution in [2.75, 3.05) is 6.54 Å². The van der Waals surface area contributed by atoms with Gasteiger partial charge in [-0.1, -0.05) is 53.5 Å². The van der Waals surface area contributed by atoms with Crippen molar-refractivity contribution in [2.45, 2.75) is 22.0 Å². The minimum Gasteiger partial charge on any atom is -0.357 e. The van der Waals surface area contributed by atoms with Gasteiger partial charge in [-0.3, -0.25) is 10.1 Å². The van der Waals surface area contributed by atoms with Crippen LogP contribution in [0, 0.1) is 10.1 Å². The third-order valence-electron chi connectivity index (χ3n) is 6.66. The van der Waals surface area contributed by atoms with Gasteiger partial charge < -0.3 is 14.9 Å². The molecule has 0 bridgehead atoms. The lowest BCUT2D eigenvalue weighted by molar-refractivity contribution is -0.387. The number of fused-ring (bicyclic) bond motifs is 3. The van der Waals surface area contributed by atoms with Crippen LogP contribution in [0.5, 0.6) is 0 Å². The number of aromatic nitrogens is 4. The molecular weight excluding hydrogens is 531 g/mol. The van der Waals surface area contributed by atoms with E-state index >= 15 is 0 Å². The number of para-hydroxylation sites is 1. The molecule has 1 aliphatic rings. The van der Waals surface area contributed by atoms with Gasteiger partial charge in [0.25, 0.3) is 5.69 Å². The maximum Gasteiger partial charge on any atom is 0.283 e. The number of H-pyrrole nitrogens is 1. The monoisotopic (exact) mass is 550 g/mol. The minimum absolute atomic E-state index is 0.0205. The molecule has 0 saturated carbocycles. The highest BCUT2D eigenvalue weighted by atomic mass is 35.5.